The number of hydrogen-bond donors (Lipinski definition) is 3. The fraction of sp³-hybridized carbons (Fsp3) is 0.267. The highest BCUT2D eigenvalue weighted by Gasteiger charge is 2.29. The maximum Gasteiger partial charge on any atom is 0.303 e. The van der Waals surface area contributed by atoms with Gasteiger partial charge in [-0.2, -0.15) is 0 Å². The van der Waals surface area contributed by atoms with E-state index in [1.54, 1.807) is 36.4 Å². The van der Waals surface area contributed by atoms with Gasteiger partial charge in [-0.1, -0.05) is 18.2 Å². The molecular formula is C30H33FN4O5S. The minimum absolute atomic E-state index is 0.0434. The highest BCUT2D eigenvalue weighted by atomic mass is 32.2. The van der Waals surface area contributed by atoms with Crippen LogP contribution in [0.25, 0.3) is 11.3 Å². The molecule has 0 radical (unpaired) electrons. The second-order valence-corrected chi connectivity index (χ2v) is 12.1. The molecule has 0 saturated carbocycles. The number of nitrogens with zero attached hydrogens (tertiary/aromatic N) is 2. The highest BCUT2D eigenvalue weighted by molar-refractivity contribution is 7.92. The number of aryl methyl sites for hydroxylation is 1. The summed E-state index contributed by atoms with van der Waals surface area (Å²) in [6.45, 7) is 1.07. The van der Waals surface area contributed by atoms with Crippen molar-refractivity contribution < 1.29 is 27.5 Å². The van der Waals surface area contributed by atoms with Gasteiger partial charge in [0.15, 0.2) is 0 Å². The monoisotopic (exact) mass is 580 g/mol. The molecular weight excluding hydrogens is 547 g/mol. The van der Waals surface area contributed by atoms with Crippen LogP contribution in [0.2, 0.25) is 0 Å². The van der Waals surface area contributed by atoms with Crippen molar-refractivity contribution in [1.82, 2.24) is 4.90 Å². The number of halogens is 1. The zero-order valence-corrected chi connectivity index (χ0v) is 24.0. The van der Waals surface area contributed by atoms with E-state index < -0.39 is 27.7 Å². The fourth-order valence-electron chi connectivity index (χ4n) is 4.68. The average molecular weight is 581 g/mol. The van der Waals surface area contributed by atoms with Gasteiger partial charge in [-0.15, -0.1) is 0 Å². The summed E-state index contributed by atoms with van der Waals surface area (Å²) < 4.78 is 40.3. The van der Waals surface area contributed by atoms with Crippen molar-refractivity contribution in [1.29, 1.82) is 0 Å². The molecule has 0 atom stereocenters. The van der Waals surface area contributed by atoms with Gasteiger partial charge in [0.05, 0.1) is 28.9 Å². The minimum Gasteiger partial charge on any atom is -0.481 e. The van der Waals surface area contributed by atoms with Crippen LogP contribution in [-0.4, -0.2) is 63.7 Å². The number of benzene rings is 3. The second-order valence-electron chi connectivity index (χ2n) is 10.2. The van der Waals surface area contributed by atoms with Crippen LogP contribution >= 0.6 is 0 Å². The van der Waals surface area contributed by atoms with E-state index in [0.717, 1.165) is 12.1 Å². The van der Waals surface area contributed by atoms with Crippen LogP contribution in [0.1, 0.15) is 29.5 Å². The van der Waals surface area contributed by atoms with Gasteiger partial charge >= 0.3 is 5.97 Å². The summed E-state index contributed by atoms with van der Waals surface area (Å²) in [7, 11) is 0.350. The Morgan fingerprint density at radius 2 is 1.76 bits per heavy atom. The zero-order chi connectivity index (χ0) is 29.7. The highest BCUT2D eigenvalue weighted by Crippen LogP contribution is 2.38. The maximum absolute atomic E-state index is 13.9. The minimum atomic E-state index is -3.51. The number of carboxylic acid groups (broad SMARTS) is 1. The number of amides is 1. The Balaban J connectivity index is 1.73. The first-order chi connectivity index (χ1) is 19.4. The van der Waals surface area contributed by atoms with Crippen molar-refractivity contribution >= 4 is 50.2 Å². The van der Waals surface area contributed by atoms with Gasteiger partial charge in [-0.05, 0) is 93.1 Å². The van der Waals surface area contributed by atoms with E-state index >= 15 is 0 Å². The van der Waals surface area contributed by atoms with E-state index in [1.807, 2.05) is 31.1 Å². The third-order valence-corrected chi connectivity index (χ3v) is 7.80. The summed E-state index contributed by atoms with van der Waals surface area (Å²) in [6, 6.07) is 18.2. The average Bonchev–Trinajstić information content (AvgIpc) is 3.22. The molecule has 0 aromatic heterocycles. The molecule has 3 N–H and O–H groups in total. The van der Waals surface area contributed by atoms with Crippen LogP contribution in [0.15, 0.2) is 66.7 Å². The lowest BCUT2D eigenvalue weighted by molar-refractivity contribution is -0.137. The predicted molar refractivity (Wildman–Crippen MR) is 160 cm³/mol. The molecule has 4 rings (SSSR count). The first-order valence-corrected chi connectivity index (χ1v) is 14.9. The molecule has 3 aromatic carbocycles. The third-order valence-electron chi connectivity index (χ3n) is 6.61. The number of carboxylic acids is 1. The number of anilines is 3. The largest absolute Gasteiger partial charge is 0.481 e. The summed E-state index contributed by atoms with van der Waals surface area (Å²) in [5.41, 5.74) is 4.15. The van der Waals surface area contributed by atoms with Crippen molar-refractivity contribution in [3.05, 3.63) is 89.2 Å². The molecule has 216 valence electrons. The molecule has 41 heavy (non-hydrogen) atoms. The van der Waals surface area contributed by atoms with E-state index in [9.17, 15) is 22.4 Å². The zero-order valence-electron chi connectivity index (χ0n) is 23.1. The number of aliphatic carboxylic acids is 1. The van der Waals surface area contributed by atoms with Crippen LogP contribution in [0.3, 0.4) is 0 Å². The lowest BCUT2D eigenvalue weighted by Gasteiger charge is -2.24. The molecule has 0 aliphatic carbocycles. The Labute approximate surface area is 239 Å². The molecule has 1 aliphatic rings. The Kier molecular flexibility index (Phi) is 9.09. The summed E-state index contributed by atoms with van der Waals surface area (Å²) in [4.78, 5) is 26.3. The summed E-state index contributed by atoms with van der Waals surface area (Å²) in [5, 5.41) is 15.2. The normalized spacial score (nSPS) is 14.0. The van der Waals surface area contributed by atoms with Crippen LogP contribution < -0.4 is 14.9 Å². The molecule has 1 amide bonds. The molecule has 0 bridgehead atoms. The number of carbonyl (C=O) groups is 2. The van der Waals surface area contributed by atoms with Crippen molar-refractivity contribution in [2.75, 3.05) is 48.4 Å². The first kappa shape index (κ1) is 29.8. The lowest BCUT2D eigenvalue weighted by atomic mass is 9.97. The van der Waals surface area contributed by atoms with Crippen molar-refractivity contribution in [3.8, 4) is 0 Å². The Morgan fingerprint density at radius 3 is 2.41 bits per heavy atom. The third kappa shape index (κ3) is 7.50. The van der Waals surface area contributed by atoms with Crippen LogP contribution in [0.5, 0.6) is 0 Å². The molecule has 1 aliphatic heterocycles. The van der Waals surface area contributed by atoms with Gasteiger partial charge in [0.1, 0.15) is 5.82 Å². The van der Waals surface area contributed by atoms with E-state index in [0.29, 0.717) is 58.8 Å². The number of rotatable bonds is 12. The lowest BCUT2D eigenvalue weighted by Crippen LogP contribution is -2.32. The van der Waals surface area contributed by atoms with Gasteiger partial charge in [-0.3, -0.25) is 13.9 Å². The molecule has 1 heterocycles. The number of fused-ring (bicyclic) bond motifs is 1. The Bertz CT molecular complexity index is 1590. The van der Waals surface area contributed by atoms with Gasteiger partial charge in [0, 0.05) is 24.2 Å². The van der Waals surface area contributed by atoms with Gasteiger partial charge in [0.2, 0.25) is 10.0 Å². The van der Waals surface area contributed by atoms with Gasteiger partial charge < -0.3 is 20.6 Å². The Hall–Kier alpha value is -4.22. The topological polar surface area (TPSA) is 119 Å². The second kappa shape index (κ2) is 12.5. The quantitative estimate of drug-likeness (QED) is 0.270. The van der Waals surface area contributed by atoms with Crippen LogP contribution in [-0.2, 0) is 26.0 Å². The summed E-state index contributed by atoms with van der Waals surface area (Å²) in [5.74, 6) is -1.81. The molecule has 0 fully saturated rings. The molecule has 0 unspecified atom stereocenters. The van der Waals surface area contributed by atoms with E-state index in [1.165, 1.54) is 28.8 Å². The van der Waals surface area contributed by atoms with Crippen molar-refractivity contribution in [2.45, 2.75) is 19.3 Å². The smallest absolute Gasteiger partial charge is 0.303 e. The maximum atomic E-state index is 13.9. The molecule has 9 nitrogen and oxygen atoms in total. The SMILES string of the molecule is CN(C)CCCN(c1ccc(N/C(=C2\C(=O)Nc3cc(F)ccc32)c2cccc(CCC(=O)O)c2)cc1)S(C)(=O)=O. The van der Waals surface area contributed by atoms with Gasteiger partial charge in [0.25, 0.3) is 5.91 Å². The fourth-order valence-corrected chi connectivity index (χ4v) is 5.64. The van der Waals surface area contributed by atoms with Crippen LogP contribution in [0.4, 0.5) is 21.5 Å². The molecule has 11 heteroatoms. The van der Waals surface area contributed by atoms with Crippen molar-refractivity contribution in [2.24, 2.45) is 0 Å². The number of hydrogen-bond acceptors (Lipinski definition) is 6. The predicted octanol–water partition coefficient (Wildman–Crippen LogP) is 4.49. The molecule has 0 spiro atoms. The number of sulfonamides is 1. The Morgan fingerprint density at radius 1 is 1.02 bits per heavy atom. The van der Waals surface area contributed by atoms with E-state index in [2.05, 4.69) is 10.6 Å². The summed E-state index contributed by atoms with van der Waals surface area (Å²) >= 11 is 0. The first-order valence-electron chi connectivity index (χ1n) is 13.1. The number of carbonyl (C=O) groups excluding carboxylic acids is 1. The standard InChI is InChI=1S/C30H33FN4O5S/c1-34(2)16-5-17-35(41(3,39)40)24-12-10-23(11-13-24)32-29(21-7-4-6-20(18-21)8-15-27(36)37)28-25-14-9-22(31)19-26(25)33-30(28)38/h4,6-7,9-14,18-19,32H,5,8,15-17H2,1-3H3,(H,33,38)(H,36,37)/b29-28-. The number of nitrogens with one attached hydrogen (secondary N) is 2. The van der Waals surface area contributed by atoms with E-state index in [-0.39, 0.29) is 6.42 Å². The molecule has 3 aromatic rings. The summed E-state index contributed by atoms with van der Waals surface area (Å²) in [6.07, 6.45) is 2.10. The van der Waals surface area contributed by atoms with Crippen molar-refractivity contribution in [3.63, 3.8) is 0 Å². The van der Waals surface area contributed by atoms with Gasteiger partial charge in [-0.25, -0.2) is 12.8 Å². The van der Waals surface area contributed by atoms with Crippen LogP contribution in [0, 0.1) is 5.82 Å². The van der Waals surface area contributed by atoms with E-state index in [4.69, 9.17) is 5.11 Å². The molecule has 0 saturated heterocycles.